The Morgan fingerprint density at radius 1 is 1.67 bits per heavy atom. The van der Waals surface area contributed by atoms with Gasteiger partial charge in [-0.1, -0.05) is 0 Å². The summed E-state index contributed by atoms with van der Waals surface area (Å²) in [6.45, 7) is 1.91. The van der Waals surface area contributed by atoms with Gasteiger partial charge in [0.05, 0.1) is 0 Å². The van der Waals surface area contributed by atoms with E-state index in [0.29, 0.717) is 4.88 Å². The van der Waals surface area contributed by atoms with Gasteiger partial charge >= 0.3 is 0 Å². The third-order valence-electron chi connectivity index (χ3n) is 0.964. The van der Waals surface area contributed by atoms with E-state index in [4.69, 9.17) is 5.41 Å². The van der Waals surface area contributed by atoms with E-state index in [2.05, 4.69) is 0 Å². The van der Waals surface area contributed by atoms with Crippen molar-refractivity contribution in [1.82, 2.24) is 0 Å². The Morgan fingerprint density at radius 2 is 2.33 bits per heavy atom. The number of rotatable bonds is 1. The Labute approximate surface area is 57.3 Å². The summed E-state index contributed by atoms with van der Waals surface area (Å²) >= 11 is 1.36. The minimum atomic E-state index is -0.590. The molecule has 0 aliphatic carbocycles. The first-order valence-corrected chi connectivity index (χ1v) is 3.34. The van der Waals surface area contributed by atoms with E-state index in [1.165, 1.54) is 11.3 Å². The second kappa shape index (κ2) is 2.19. The topological polar surface area (TPSA) is 46.9 Å². The van der Waals surface area contributed by atoms with Crippen molar-refractivity contribution in [3.8, 4) is 0 Å². The highest BCUT2D eigenvalue weighted by molar-refractivity contribution is 7.13. The van der Waals surface area contributed by atoms with Crippen LogP contribution < -0.4 is 5.11 Å². The van der Waals surface area contributed by atoms with Crippen molar-refractivity contribution >= 4 is 17.2 Å². The van der Waals surface area contributed by atoms with Gasteiger partial charge < -0.3 is 10.5 Å². The monoisotopic (exact) mass is 140 g/mol. The molecule has 0 aliphatic rings. The summed E-state index contributed by atoms with van der Waals surface area (Å²) < 4.78 is 0. The fourth-order valence-corrected chi connectivity index (χ4v) is 1.27. The van der Waals surface area contributed by atoms with Gasteiger partial charge in [0, 0.05) is 9.75 Å². The molecule has 0 fully saturated rings. The van der Waals surface area contributed by atoms with Crippen LogP contribution in [0.25, 0.3) is 0 Å². The van der Waals surface area contributed by atoms with Crippen molar-refractivity contribution in [3.05, 3.63) is 21.9 Å². The van der Waals surface area contributed by atoms with Crippen LogP contribution in [0.1, 0.15) is 9.75 Å². The van der Waals surface area contributed by atoms with Gasteiger partial charge in [0.15, 0.2) is 0 Å². The largest absolute Gasteiger partial charge is 0.858 e. The van der Waals surface area contributed by atoms with Crippen LogP contribution in [0.2, 0.25) is 0 Å². The third kappa shape index (κ3) is 1.29. The molecule has 1 N–H and O–H groups in total. The Balaban J connectivity index is 2.98. The van der Waals surface area contributed by atoms with Crippen molar-refractivity contribution < 1.29 is 5.11 Å². The van der Waals surface area contributed by atoms with E-state index >= 15 is 0 Å². The second-order valence-electron chi connectivity index (χ2n) is 1.74. The zero-order valence-electron chi connectivity index (χ0n) is 4.97. The summed E-state index contributed by atoms with van der Waals surface area (Å²) in [5.74, 6) is -0.590. The normalized spacial score (nSPS) is 9.44. The van der Waals surface area contributed by atoms with Gasteiger partial charge in [-0.15, -0.1) is 11.3 Å². The quantitative estimate of drug-likeness (QED) is 0.454. The highest BCUT2D eigenvalue weighted by Gasteiger charge is 1.91. The average molecular weight is 140 g/mol. The fourth-order valence-electron chi connectivity index (χ4n) is 0.557. The van der Waals surface area contributed by atoms with Gasteiger partial charge in [0.25, 0.3) is 0 Å². The first-order chi connectivity index (χ1) is 4.20. The molecule has 3 heteroatoms. The molecule has 0 saturated heterocycles. The molecular weight excluding hydrogens is 134 g/mol. The van der Waals surface area contributed by atoms with Crippen molar-refractivity contribution in [2.24, 2.45) is 0 Å². The van der Waals surface area contributed by atoms with Gasteiger partial charge in [-0.2, -0.15) is 0 Å². The van der Waals surface area contributed by atoms with Crippen LogP contribution in [0.4, 0.5) is 0 Å². The molecule has 9 heavy (non-hydrogen) atoms. The van der Waals surface area contributed by atoms with Crippen molar-refractivity contribution in [1.29, 1.82) is 5.41 Å². The zero-order chi connectivity index (χ0) is 6.85. The molecule has 1 aromatic rings. The van der Waals surface area contributed by atoms with Crippen LogP contribution in [0.15, 0.2) is 12.1 Å². The van der Waals surface area contributed by atoms with Crippen molar-refractivity contribution in [2.45, 2.75) is 6.92 Å². The molecule has 48 valence electrons. The third-order valence-corrected chi connectivity index (χ3v) is 1.96. The van der Waals surface area contributed by atoms with Crippen LogP contribution in [0.3, 0.4) is 0 Å². The number of thiophene rings is 1. The van der Waals surface area contributed by atoms with Gasteiger partial charge in [-0.05, 0) is 25.0 Å². The molecule has 1 aromatic heterocycles. The van der Waals surface area contributed by atoms with E-state index in [1.54, 1.807) is 6.07 Å². The molecule has 0 spiro atoms. The fraction of sp³-hybridized carbons (Fsp3) is 0.167. The summed E-state index contributed by atoms with van der Waals surface area (Å²) in [6, 6.07) is 3.52. The Morgan fingerprint density at radius 3 is 2.56 bits per heavy atom. The maximum Gasteiger partial charge on any atom is 0.0373 e. The predicted octanol–water partition coefficient (Wildman–Crippen LogP) is 0.742. The van der Waals surface area contributed by atoms with E-state index in [9.17, 15) is 5.11 Å². The lowest BCUT2D eigenvalue weighted by molar-refractivity contribution is -0.214. The Kier molecular flexibility index (Phi) is 1.53. The molecule has 0 saturated carbocycles. The van der Waals surface area contributed by atoms with Crippen LogP contribution >= 0.6 is 11.3 Å². The Bertz CT molecular complexity index is 229. The Hall–Kier alpha value is -0.830. The maximum atomic E-state index is 10.3. The first kappa shape index (κ1) is 6.29. The molecule has 0 aliphatic heterocycles. The first-order valence-electron chi connectivity index (χ1n) is 2.52. The van der Waals surface area contributed by atoms with E-state index in [1.807, 2.05) is 13.0 Å². The lowest BCUT2D eigenvalue weighted by Crippen LogP contribution is -2.14. The smallest absolute Gasteiger partial charge is 0.0373 e. The predicted molar refractivity (Wildman–Crippen MR) is 35.9 cm³/mol. The summed E-state index contributed by atoms with van der Waals surface area (Å²) in [7, 11) is 0. The van der Waals surface area contributed by atoms with Crippen LogP contribution in [0, 0.1) is 12.3 Å². The minimum Gasteiger partial charge on any atom is -0.858 e. The minimum absolute atomic E-state index is 0.521. The lowest BCUT2D eigenvalue weighted by atomic mass is 10.4. The highest BCUT2D eigenvalue weighted by atomic mass is 32.1. The van der Waals surface area contributed by atoms with Crippen LogP contribution in [-0.2, 0) is 0 Å². The zero-order valence-corrected chi connectivity index (χ0v) is 5.79. The van der Waals surface area contributed by atoms with E-state index in [0.717, 1.165) is 4.88 Å². The van der Waals surface area contributed by atoms with Crippen molar-refractivity contribution in [3.63, 3.8) is 0 Å². The highest BCUT2D eigenvalue weighted by Crippen LogP contribution is 2.13. The molecule has 0 bridgehead atoms. The van der Waals surface area contributed by atoms with Gasteiger partial charge in [0.2, 0.25) is 0 Å². The molecular formula is C6H6NOS-. The molecule has 0 amide bonds. The number of hydrogen-bond donors (Lipinski definition) is 1. The SMILES string of the molecule is Cc1ccc(C(=N)[O-])s1. The van der Waals surface area contributed by atoms with Gasteiger partial charge in [-0.25, -0.2) is 0 Å². The number of aryl methyl sites for hydroxylation is 1. The molecule has 1 rings (SSSR count). The van der Waals surface area contributed by atoms with Crippen molar-refractivity contribution in [2.75, 3.05) is 0 Å². The second-order valence-corrected chi connectivity index (χ2v) is 3.03. The van der Waals surface area contributed by atoms with Gasteiger partial charge in [-0.3, -0.25) is 0 Å². The number of hydrogen-bond acceptors (Lipinski definition) is 3. The van der Waals surface area contributed by atoms with E-state index in [-0.39, 0.29) is 0 Å². The number of nitrogens with one attached hydrogen (secondary N) is 1. The lowest BCUT2D eigenvalue weighted by Gasteiger charge is -2.00. The maximum absolute atomic E-state index is 10.3. The van der Waals surface area contributed by atoms with Gasteiger partial charge in [0.1, 0.15) is 0 Å². The summed E-state index contributed by atoms with van der Waals surface area (Å²) in [5.41, 5.74) is 0. The summed E-state index contributed by atoms with van der Waals surface area (Å²) in [6.07, 6.45) is 0. The standard InChI is InChI=1S/C6H7NOS/c1-4-2-3-5(9-4)6(7)8/h2-3H,1H3,(H2,7,8)/p-1. The summed E-state index contributed by atoms with van der Waals surface area (Å²) in [5, 5.41) is 17.0. The van der Waals surface area contributed by atoms with Crippen LogP contribution in [0.5, 0.6) is 0 Å². The van der Waals surface area contributed by atoms with Crippen LogP contribution in [-0.4, -0.2) is 5.90 Å². The summed E-state index contributed by atoms with van der Waals surface area (Å²) in [4.78, 5) is 1.60. The molecule has 1 heterocycles. The van der Waals surface area contributed by atoms with E-state index < -0.39 is 5.90 Å². The molecule has 0 atom stereocenters. The molecule has 0 aromatic carbocycles. The molecule has 0 unspecified atom stereocenters. The average Bonchev–Trinajstić information content (AvgIpc) is 2.14. The molecule has 2 nitrogen and oxygen atoms in total. The molecule has 0 radical (unpaired) electrons.